The first-order valence-electron chi connectivity index (χ1n) is 11.2. The third-order valence-electron chi connectivity index (χ3n) is 6.36. The van der Waals surface area contributed by atoms with Crippen molar-refractivity contribution in [1.29, 1.82) is 0 Å². The Morgan fingerprint density at radius 3 is 2.77 bits per heavy atom. The summed E-state index contributed by atoms with van der Waals surface area (Å²) in [5.74, 6) is 0.952. The fourth-order valence-electron chi connectivity index (χ4n) is 4.83. The molecule has 1 saturated heterocycles. The highest BCUT2D eigenvalue weighted by Gasteiger charge is 2.29. The molecule has 1 amide bonds. The number of aromatic nitrogens is 1. The molecule has 2 heterocycles. The molecule has 4 rings (SSSR count). The summed E-state index contributed by atoms with van der Waals surface area (Å²) in [6.45, 7) is 6.49. The lowest BCUT2D eigenvalue weighted by Crippen LogP contribution is -2.34. The van der Waals surface area contributed by atoms with E-state index in [2.05, 4.69) is 71.1 Å². The Morgan fingerprint density at radius 2 is 2.00 bits per heavy atom. The molecule has 4 heteroatoms. The maximum absolute atomic E-state index is 11.2. The molecule has 1 aliphatic heterocycles. The number of amides is 1. The Bertz CT molecular complexity index is 1030. The predicted octanol–water partition coefficient (Wildman–Crippen LogP) is 4.60. The minimum absolute atomic E-state index is 0.0157. The lowest BCUT2D eigenvalue weighted by molar-refractivity contribution is -0.118. The number of carbonyl (C=O) groups is 1. The Balaban J connectivity index is 1.61. The summed E-state index contributed by atoms with van der Waals surface area (Å²) in [6.07, 6.45) is 5.83. The smallest absolute Gasteiger partial charge is 0.216 e. The second-order valence-corrected chi connectivity index (χ2v) is 8.45. The summed E-state index contributed by atoms with van der Waals surface area (Å²) in [5, 5.41) is 6.50. The van der Waals surface area contributed by atoms with Crippen LogP contribution in [-0.2, 0) is 11.2 Å². The predicted molar refractivity (Wildman–Crippen MR) is 126 cm³/mol. The number of carbonyl (C=O) groups excluding carboxylic acids is 1. The van der Waals surface area contributed by atoms with Crippen LogP contribution < -0.4 is 10.6 Å². The van der Waals surface area contributed by atoms with Crippen molar-refractivity contribution in [1.82, 2.24) is 15.6 Å². The molecule has 31 heavy (non-hydrogen) atoms. The SMILES string of the molecule is CC(=O)NCCc1ccccc1-c1ccc(C2CNCCC2c2cccnc2)c(C)c1. The molecule has 1 aromatic heterocycles. The topological polar surface area (TPSA) is 54.0 Å². The van der Waals surface area contributed by atoms with Gasteiger partial charge in [0, 0.05) is 38.3 Å². The normalized spacial score (nSPS) is 18.5. The molecule has 0 bridgehead atoms. The average Bonchev–Trinajstić information content (AvgIpc) is 2.80. The van der Waals surface area contributed by atoms with E-state index in [-0.39, 0.29) is 5.91 Å². The lowest BCUT2D eigenvalue weighted by atomic mass is 9.76. The van der Waals surface area contributed by atoms with E-state index >= 15 is 0 Å². The van der Waals surface area contributed by atoms with Crippen molar-refractivity contribution in [3.05, 3.63) is 89.2 Å². The van der Waals surface area contributed by atoms with E-state index in [0.29, 0.717) is 18.4 Å². The van der Waals surface area contributed by atoms with Gasteiger partial charge in [0.15, 0.2) is 0 Å². The van der Waals surface area contributed by atoms with E-state index < -0.39 is 0 Å². The summed E-state index contributed by atoms with van der Waals surface area (Å²) in [6, 6.07) is 19.6. The van der Waals surface area contributed by atoms with Gasteiger partial charge in [0.2, 0.25) is 5.91 Å². The standard InChI is InChI=1S/C27H31N3O/c1-19-16-22(25-8-4-3-6-21(25)11-15-30-20(2)31)9-10-24(19)27-18-29-14-12-26(27)23-7-5-13-28-17-23/h3-10,13,16-17,26-27,29H,11-12,14-15,18H2,1-2H3,(H,30,31). The molecule has 2 atom stereocenters. The third-order valence-corrected chi connectivity index (χ3v) is 6.36. The van der Waals surface area contributed by atoms with Crippen LogP contribution in [0.4, 0.5) is 0 Å². The van der Waals surface area contributed by atoms with Crippen LogP contribution in [0.5, 0.6) is 0 Å². The van der Waals surface area contributed by atoms with Crippen LogP contribution in [0.2, 0.25) is 0 Å². The molecule has 2 aromatic carbocycles. The largest absolute Gasteiger partial charge is 0.356 e. The number of nitrogens with zero attached hydrogens (tertiary/aromatic N) is 1. The van der Waals surface area contributed by atoms with E-state index in [1.165, 1.54) is 33.4 Å². The van der Waals surface area contributed by atoms with Crippen molar-refractivity contribution in [2.45, 2.75) is 38.5 Å². The van der Waals surface area contributed by atoms with Crippen molar-refractivity contribution < 1.29 is 4.79 Å². The van der Waals surface area contributed by atoms with Crippen molar-refractivity contribution in [2.24, 2.45) is 0 Å². The van der Waals surface area contributed by atoms with Crippen LogP contribution in [0.15, 0.2) is 67.0 Å². The number of nitrogens with one attached hydrogen (secondary N) is 2. The zero-order valence-corrected chi connectivity index (χ0v) is 18.4. The van der Waals surface area contributed by atoms with Crippen molar-refractivity contribution >= 4 is 5.91 Å². The molecule has 1 fully saturated rings. The van der Waals surface area contributed by atoms with Crippen LogP contribution in [0, 0.1) is 6.92 Å². The quantitative estimate of drug-likeness (QED) is 0.621. The number of pyridine rings is 1. The fraction of sp³-hybridized carbons (Fsp3) is 0.333. The van der Waals surface area contributed by atoms with Gasteiger partial charge in [0.05, 0.1) is 0 Å². The van der Waals surface area contributed by atoms with Crippen LogP contribution in [0.1, 0.15) is 47.4 Å². The Hall–Kier alpha value is -2.98. The molecule has 1 aliphatic rings. The van der Waals surface area contributed by atoms with Gasteiger partial charge in [0.25, 0.3) is 0 Å². The second kappa shape index (κ2) is 9.88. The van der Waals surface area contributed by atoms with E-state index in [1.54, 1.807) is 6.92 Å². The van der Waals surface area contributed by atoms with Gasteiger partial charge in [-0.05, 0) is 71.7 Å². The second-order valence-electron chi connectivity index (χ2n) is 8.45. The van der Waals surface area contributed by atoms with Crippen molar-refractivity contribution in [2.75, 3.05) is 19.6 Å². The van der Waals surface area contributed by atoms with E-state index in [9.17, 15) is 4.79 Å². The number of piperidine rings is 1. The zero-order chi connectivity index (χ0) is 21.6. The maximum atomic E-state index is 11.2. The van der Waals surface area contributed by atoms with E-state index in [0.717, 1.165) is 25.9 Å². The highest BCUT2D eigenvalue weighted by atomic mass is 16.1. The van der Waals surface area contributed by atoms with Crippen LogP contribution >= 0.6 is 0 Å². The molecule has 0 saturated carbocycles. The van der Waals surface area contributed by atoms with E-state index in [1.807, 2.05) is 18.5 Å². The van der Waals surface area contributed by atoms with Gasteiger partial charge in [-0.1, -0.05) is 48.5 Å². The van der Waals surface area contributed by atoms with Gasteiger partial charge in [-0.15, -0.1) is 0 Å². The number of aryl methyl sites for hydroxylation is 1. The number of benzene rings is 2. The van der Waals surface area contributed by atoms with Gasteiger partial charge in [0.1, 0.15) is 0 Å². The summed E-state index contributed by atoms with van der Waals surface area (Å²) in [5.41, 5.74) is 7.82. The number of hydrogen-bond acceptors (Lipinski definition) is 3. The van der Waals surface area contributed by atoms with Gasteiger partial charge >= 0.3 is 0 Å². The Morgan fingerprint density at radius 1 is 1.13 bits per heavy atom. The summed E-state index contributed by atoms with van der Waals surface area (Å²) < 4.78 is 0. The van der Waals surface area contributed by atoms with Crippen LogP contribution in [0.25, 0.3) is 11.1 Å². The Labute approximate surface area is 185 Å². The molecule has 160 valence electrons. The van der Waals surface area contributed by atoms with Gasteiger partial charge in [-0.2, -0.15) is 0 Å². The van der Waals surface area contributed by atoms with Gasteiger partial charge in [-0.25, -0.2) is 0 Å². The molecule has 4 nitrogen and oxygen atoms in total. The number of rotatable bonds is 6. The summed E-state index contributed by atoms with van der Waals surface area (Å²) in [7, 11) is 0. The first-order valence-corrected chi connectivity index (χ1v) is 11.2. The highest BCUT2D eigenvalue weighted by molar-refractivity contribution is 5.73. The average molecular weight is 414 g/mol. The lowest BCUT2D eigenvalue weighted by Gasteiger charge is -2.34. The minimum Gasteiger partial charge on any atom is -0.356 e. The zero-order valence-electron chi connectivity index (χ0n) is 18.4. The summed E-state index contributed by atoms with van der Waals surface area (Å²) in [4.78, 5) is 15.6. The first kappa shape index (κ1) is 21.3. The number of hydrogen-bond donors (Lipinski definition) is 2. The monoisotopic (exact) mass is 413 g/mol. The molecule has 2 N–H and O–H groups in total. The Kier molecular flexibility index (Phi) is 6.78. The highest BCUT2D eigenvalue weighted by Crippen LogP contribution is 2.39. The van der Waals surface area contributed by atoms with Gasteiger partial charge < -0.3 is 10.6 Å². The molecule has 0 aliphatic carbocycles. The molecule has 0 radical (unpaired) electrons. The minimum atomic E-state index is 0.0157. The molecule has 2 unspecified atom stereocenters. The summed E-state index contributed by atoms with van der Waals surface area (Å²) >= 11 is 0. The molecular weight excluding hydrogens is 382 g/mol. The van der Waals surface area contributed by atoms with Crippen molar-refractivity contribution in [3.8, 4) is 11.1 Å². The molecular formula is C27H31N3O. The van der Waals surface area contributed by atoms with Crippen LogP contribution in [-0.4, -0.2) is 30.5 Å². The fourth-order valence-corrected chi connectivity index (χ4v) is 4.83. The van der Waals surface area contributed by atoms with Crippen molar-refractivity contribution in [3.63, 3.8) is 0 Å². The molecule has 0 spiro atoms. The van der Waals surface area contributed by atoms with Gasteiger partial charge in [-0.3, -0.25) is 9.78 Å². The van der Waals surface area contributed by atoms with Crippen LogP contribution in [0.3, 0.4) is 0 Å². The van der Waals surface area contributed by atoms with E-state index in [4.69, 9.17) is 0 Å². The third kappa shape index (κ3) is 5.02. The first-order chi connectivity index (χ1) is 15.1. The molecule has 3 aromatic rings. The maximum Gasteiger partial charge on any atom is 0.216 e.